The predicted molar refractivity (Wildman–Crippen MR) is 53.1 cm³/mol. The van der Waals surface area contributed by atoms with Crippen LogP contribution in [0.5, 0.6) is 0 Å². The molecule has 2 N–H and O–H groups in total. The molecule has 1 aliphatic rings. The van der Waals surface area contributed by atoms with Gasteiger partial charge in [-0.05, 0) is 58.7 Å². The molecule has 0 aromatic rings. The Morgan fingerprint density at radius 1 is 1.42 bits per heavy atom. The van der Waals surface area contributed by atoms with Crippen molar-refractivity contribution in [2.24, 2.45) is 11.7 Å². The molecule has 0 amide bonds. The van der Waals surface area contributed by atoms with Gasteiger partial charge in [0.2, 0.25) is 0 Å². The van der Waals surface area contributed by atoms with E-state index in [2.05, 4.69) is 18.9 Å². The zero-order valence-electron chi connectivity index (χ0n) is 8.42. The molecule has 2 nitrogen and oxygen atoms in total. The highest BCUT2D eigenvalue weighted by molar-refractivity contribution is 4.83. The van der Waals surface area contributed by atoms with Crippen LogP contribution in [-0.2, 0) is 0 Å². The highest BCUT2D eigenvalue weighted by Gasteiger charge is 2.29. The molecule has 1 aliphatic carbocycles. The topological polar surface area (TPSA) is 29.3 Å². The van der Waals surface area contributed by atoms with E-state index in [1.54, 1.807) is 0 Å². The second kappa shape index (κ2) is 4.83. The quantitative estimate of drug-likeness (QED) is 0.611. The van der Waals surface area contributed by atoms with E-state index in [0.717, 1.165) is 18.5 Å². The molecule has 1 rings (SSSR count). The average Bonchev–Trinajstić information content (AvgIpc) is 2.86. The summed E-state index contributed by atoms with van der Waals surface area (Å²) in [6.07, 6.45) is 5.32. The molecule has 72 valence electrons. The molecule has 1 saturated carbocycles. The second-order valence-electron chi connectivity index (χ2n) is 4.05. The van der Waals surface area contributed by atoms with Crippen LogP contribution in [0, 0.1) is 5.92 Å². The molecule has 1 fully saturated rings. The van der Waals surface area contributed by atoms with Crippen molar-refractivity contribution in [2.45, 2.75) is 38.6 Å². The Balaban J connectivity index is 2.04. The van der Waals surface area contributed by atoms with Crippen molar-refractivity contribution < 1.29 is 0 Å². The molecule has 2 heteroatoms. The van der Waals surface area contributed by atoms with E-state index in [9.17, 15) is 0 Å². The van der Waals surface area contributed by atoms with Crippen LogP contribution in [0.1, 0.15) is 32.6 Å². The van der Waals surface area contributed by atoms with Gasteiger partial charge in [0.25, 0.3) is 0 Å². The average molecular weight is 170 g/mol. The fourth-order valence-electron chi connectivity index (χ4n) is 1.65. The molecule has 0 saturated heterocycles. The summed E-state index contributed by atoms with van der Waals surface area (Å²) in [5.41, 5.74) is 5.44. The van der Waals surface area contributed by atoms with Crippen LogP contribution in [0.4, 0.5) is 0 Å². The smallest absolute Gasteiger partial charge is 0.00921 e. The molecule has 0 aromatic heterocycles. The molecule has 0 aliphatic heterocycles. The van der Waals surface area contributed by atoms with Crippen LogP contribution in [0.25, 0.3) is 0 Å². The van der Waals surface area contributed by atoms with Crippen molar-refractivity contribution in [3.8, 4) is 0 Å². The van der Waals surface area contributed by atoms with Gasteiger partial charge in [-0.25, -0.2) is 0 Å². The van der Waals surface area contributed by atoms with Gasteiger partial charge in [-0.2, -0.15) is 0 Å². The molecule has 0 radical (unpaired) electrons. The van der Waals surface area contributed by atoms with Gasteiger partial charge in [0.15, 0.2) is 0 Å². The van der Waals surface area contributed by atoms with Crippen molar-refractivity contribution >= 4 is 0 Å². The summed E-state index contributed by atoms with van der Waals surface area (Å²) in [5, 5.41) is 0. The monoisotopic (exact) mass is 170 g/mol. The van der Waals surface area contributed by atoms with Crippen LogP contribution in [0.3, 0.4) is 0 Å². The normalized spacial score (nSPS) is 20.0. The fourth-order valence-corrected chi connectivity index (χ4v) is 1.65. The van der Waals surface area contributed by atoms with E-state index < -0.39 is 0 Å². The van der Waals surface area contributed by atoms with Crippen LogP contribution in [0.2, 0.25) is 0 Å². The lowest BCUT2D eigenvalue weighted by Gasteiger charge is -2.24. The summed E-state index contributed by atoms with van der Waals surface area (Å²) in [5.74, 6) is 0.993. The van der Waals surface area contributed by atoms with Gasteiger partial charge >= 0.3 is 0 Å². The van der Waals surface area contributed by atoms with Gasteiger partial charge in [0.05, 0.1) is 0 Å². The second-order valence-corrected chi connectivity index (χ2v) is 4.05. The van der Waals surface area contributed by atoms with Crippen LogP contribution in [-0.4, -0.2) is 31.1 Å². The van der Waals surface area contributed by atoms with Gasteiger partial charge in [-0.1, -0.05) is 0 Å². The highest BCUT2D eigenvalue weighted by Crippen LogP contribution is 2.34. The molecule has 1 unspecified atom stereocenters. The minimum absolute atomic E-state index is 0.794. The van der Waals surface area contributed by atoms with Crippen LogP contribution < -0.4 is 5.73 Å². The summed E-state index contributed by atoms with van der Waals surface area (Å²) < 4.78 is 0. The first-order valence-electron chi connectivity index (χ1n) is 5.16. The maximum atomic E-state index is 5.44. The number of nitrogens with zero attached hydrogens (tertiary/aromatic N) is 1. The Hall–Kier alpha value is -0.0800. The van der Waals surface area contributed by atoms with E-state index in [0.29, 0.717) is 0 Å². The lowest BCUT2D eigenvalue weighted by molar-refractivity contribution is 0.231. The minimum Gasteiger partial charge on any atom is -0.330 e. The van der Waals surface area contributed by atoms with E-state index in [4.69, 9.17) is 5.73 Å². The van der Waals surface area contributed by atoms with Crippen molar-refractivity contribution in [2.75, 3.05) is 20.1 Å². The molecule has 0 bridgehead atoms. The first-order valence-corrected chi connectivity index (χ1v) is 5.16. The van der Waals surface area contributed by atoms with E-state index in [-0.39, 0.29) is 0 Å². The van der Waals surface area contributed by atoms with Crippen LogP contribution in [0.15, 0.2) is 0 Å². The Kier molecular flexibility index (Phi) is 4.02. The Bertz CT molecular complexity index is 121. The molecule has 12 heavy (non-hydrogen) atoms. The molecular formula is C10H22N2. The summed E-state index contributed by atoms with van der Waals surface area (Å²) in [6.45, 7) is 4.40. The lowest BCUT2D eigenvalue weighted by Crippen LogP contribution is -2.31. The number of hydrogen-bond acceptors (Lipinski definition) is 2. The maximum absolute atomic E-state index is 5.44. The van der Waals surface area contributed by atoms with Crippen molar-refractivity contribution in [1.82, 2.24) is 4.90 Å². The lowest BCUT2D eigenvalue weighted by atomic mass is 10.2. The van der Waals surface area contributed by atoms with Gasteiger partial charge < -0.3 is 10.6 Å². The number of hydrogen-bond donors (Lipinski definition) is 1. The largest absolute Gasteiger partial charge is 0.330 e. The van der Waals surface area contributed by atoms with Gasteiger partial charge in [0, 0.05) is 6.04 Å². The van der Waals surface area contributed by atoms with Crippen LogP contribution >= 0.6 is 0 Å². The fraction of sp³-hybridized carbons (Fsp3) is 1.00. The predicted octanol–water partition coefficient (Wildman–Crippen LogP) is 1.46. The zero-order chi connectivity index (χ0) is 8.97. The first kappa shape index (κ1) is 10.0. The minimum atomic E-state index is 0.794. The summed E-state index contributed by atoms with van der Waals surface area (Å²) in [7, 11) is 2.24. The molecular weight excluding hydrogens is 148 g/mol. The maximum Gasteiger partial charge on any atom is 0.00921 e. The standard InChI is InChI=1S/C10H22N2/c1-9(10-5-6-10)12(2)8-4-3-7-11/h9-10H,3-8,11H2,1-2H3. The van der Waals surface area contributed by atoms with E-state index in [1.807, 2.05) is 0 Å². The van der Waals surface area contributed by atoms with Gasteiger partial charge in [-0.15, -0.1) is 0 Å². The van der Waals surface area contributed by atoms with Crippen molar-refractivity contribution in [3.63, 3.8) is 0 Å². The Morgan fingerprint density at radius 2 is 2.08 bits per heavy atom. The molecule has 0 heterocycles. The summed E-state index contributed by atoms with van der Waals surface area (Å²) in [4.78, 5) is 2.48. The van der Waals surface area contributed by atoms with Gasteiger partial charge in [0.1, 0.15) is 0 Å². The summed E-state index contributed by atoms with van der Waals surface area (Å²) in [6, 6.07) is 0.794. The third-order valence-electron chi connectivity index (χ3n) is 2.96. The van der Waals surface area contributed by atoms with Crippen molar-refractivity contribution in [1.29, 1.82) is 0 Å². The number of nitrogens with two attached hydrogens (primary N) is 1. The Labute approximate surface area is 76.1 Å². The Morgan fingerprint density at radius 3 is 2.58 bits per heavy atom. The SMILES string of the molecule is CC(C1CC1)N(C)CCCCN. The molecule has 0 spiro atoms. The van der Waals surface area contributed by atoms with Gasteiger partial charge in [-0.3, -0.25) is 0 Å². The number of unbranched alkanes of at least 4 members (excludes halogenated alkanes) is 1. The van der Waals surface area contributed by atoms with E-state index in [1.165, 1.54) is 32.2 Å². The summed E-state index contributed by atoms with van der Waals surface area (Å²) >= 11 is 0. The number of rotatable bonds is 6. The zero-order valence-corrected chi connectivity index (χ0v) is 8.42. The highest BCUT2D eigenvalue weighted by atomic mass is 15.1. The first-order chi connectivity index (χ1) is 5.75. The van der Waals surface area contributed by atoms with E-state index >= 15 is 0 Å². The third-order valence-corrected chi connectivity index (χ3v) is 2.96. The molecule has 1 atom stereocenters. The third kappa shape index (κ3) is 3.11. The van der Waals surface area contributed by atoms with Crippen molar-refractivity contribution in [3.05, 3.63) is 0 Å². The molecule has 0 aromatic carbocycles.